The molecular weight excluding hydrogens is 212 g/mol. The van der Waals surface area contributed by atoms with Crippen LogP contribution < -0.4 is 0 Å². The second kappa shape index (κ2) is 5.46. The standard InChI is InChI=1S/C10H8N2O4/c1-2-16-10(13)6-5-8-9(12(14)15)4-3-7-11-8/h3-4,7H,2H2,1H3. The highest BCUT2D eigenvalue weighted by Gasteiger charge is 2.11. The third-order valence-corrected chi connectivity index (χ3v) is 1.54. The molecule has 0 unspecified atom stereocenters. The summed E-state index contributed by atoms with van der Waals surface area (Å²) in [4.78, 5) is 24.6. The van der Waals surface area contributed by atoms with Gasteiger partial charge in [0.15, 0.2) is 5.69 Å². The number of aromatic nitrogens is 1. The fourth-order valence-electron chi connectivity index (χ4n) is 0.918. The zero-order chi connectivity index (χ0) is 12.0. The fraction of sp³-hybridized carbons (Fsp3) is 0.200. The molecule has 82 valence electrons. The Labute approximate surface area is 91.4 Å². The van der Waals surface area contributed by atoms with Crippen molar-refractivity contribution in [1.82, 2.24) is 4.98 Å². The van der Waals surface area contributed by atoms with Gasteiger partial charge in [-0.25, -0.2) is 9.78 Å². The van der Waals surface area contributed by atoms with E-state index in [1.807, 2.05) is 0 Å². The van der Waals surface area contributed by atoms with E-state index in [0.717, 1.165) is 0 Å². The zero-order valence-electron chi connectivity index (χ0n) is 8.47. The Morgan fingerprint density at radius 1 is 1.69 bits per heavy atom. The van der Waals surface area contributed by atoms with Crippen molar-refractivity contribution in [2.75, 3.05) is 6.61 Å². The number of pyridine rings is 1. The van der Waals surface area contributed by atoms with Gasteiger partial charge >= 0.3 is 11.7 Å². The van der Waals surface area contributed by atoms with E-state index in [-0.39, 0.29) is 18.0 Å². The van der Waals surface area contributed by atoms with Crippen molar-refractivity contribution < 1.29 is 14.5 Å². The number of nitrogens with zero attached hydrogens (tertiary/aromatic N) is 2. The van der Waals surface area contributed by atoms with E-state index in [1.54, 1.807) is 6.92 Å². The Kier molecular flexibility index (Phi) is 3.98. The number of hydrogen-bond acceptors (Lipinski definition) is 5. The first kappa shape index (κ1) is 11.7. The highest BCUT2D eigenvalue weighted by molar-refractivity contribution is 5.89. The average molecular weight is 220 g/mol. The maximum absolute atomic E-state index is 10.9. The largest absolute Gasteiger partial charge is 0.456 e. The summed E-state index contributed by atoms with van der Waals surface area (Å²) in [5.41, 5.74) is -0.292. The molecule has 0 atom stereocenters. The van der Waals surface area contributed by atoms with Crippen LogP contribution in [0.5, 0.6) is 0 Å². The number of rotatable bonds is 2. The van der Waals surface area contributed by atoms with E-state index >= 15 is 0 Å². The highest BCUT2D eigenvalue weighted by atomic mass is 16.6. The third-order valence-electron chi connectivity index (χ3n) is 1.54. The van der Waals surface area contributed by atoms with Crippen LogP contribution in [-0.2, 0) is 9.53 Å². The first-order valence-electron chi connectivity index (χ1n) is 4.43. The molecule has 0 aromatic carbocycles. The molecule has 0 saturated carbocycles. The number of ether oxygens (including phenoxy) is 1. The second-order valence-corrected chi connectivity index (χ2v) is 2.60. The van der Waals surface area contributed by atoms with Crippen LogP contribution in [0.25, 0.3) is 0 Å². The Balaban J connectivity index is 2.96. The first-order valence-corrected chi connectivity index (χ1v) is 4.43. The van der Waals surface area contributed by atoms with E-state index < -0.39 is 10.9 Å². The van der Waals surface area contributed by atoms with E-state index in [4.69, 9.17) is 0 Å². The van der Waals surface area contributed by atoms with Crippen LogP contribution in [-0.4, -0.2) is 22.5 Å². The summed E-state index contributed by atoms with van der Waals surface area (Å²) < 4.78 is 4.55. The maximum atomic E-state index is 10.9. The Bertz CT molecular complexity index is 473. The second-order valence-electron chi connectivity index (χ2n) is 2.60. The van der Waals surface area contributed by atoms with Crippen LogP contribution in [0.1, 0.15) is 12.6 Å². The van der Waals surface area contributed by atoms with Gasteiger partial charge in [0.1, 0.15) is 0 Å². The van der Waals surface area contributed by atoms with Gasteiger partial charge in [-0.3, -0.25) is 10.1 Å². The molecular formula is C10H8N2O4. The summed E-state index contributed by atoms with van der Waals surface area (Å²) in [6.45, 7) is 1.85. The Hall–Kier alpha value is -2.42. The van der Waals surface area contributed by atoms with E-state index in [2.05, 4.69) is 21.6 Å². The van der Waals surface area contributed by atoms with Gasteiger partial charge in [-0.15, -0.1) is 0 Å². The molecule has 0 aliphatic heterocycles. The predicted molar refractivity (Wildman–Crippen MR) is 54.4 cm³/mol. The molecule has 0 saturated heterocycles. The van der Waals surface area contributed by atoms with Crippen molar-refractivity contribution in [3.63, 3.8) is 0 Å². The molecule has 0 aliphatic carbocycles. The van der Waals surface area contributed by atoms with Crippen molar-refractivity contribution in [2.45, 2.75) is 6.92 Å². The zero-order valence-corrected chi connectivity index (χ0v) is 8.47. The van der Waals surface area contributed by atoms with Crippen molar-refractivity contribution in [3.05, 3.63) is 34.1 Å². The number of carbonyl (C=O) groups is 1. The lowest BCUT2D eigenvalue weighted by molar-refractivity contribution is -0.385. The number of nitro groups is 1. The molecule has 1 aromatic heterocycles. The number of hydrogen-bond donors (Lipinski definition) is 0. The molecule has 0 bridgehead atoms. The average Bonchev–Trinajstić information content (AvgIpc) is 2.27. The van der Waals surface area contributed by atoms with Gasteiger partial charge in [-0.1, -0.05) is 0 Å². The minimum atomic E-state index is -0.734. The topological polar surface area (TPSA) is 82.3 Å². The van der Waals surface area contributed by atoms with Crippen molar-refractivity contribution >= 4 is 11.7 Å². The van der Waals surface area contributed by atoms with Gasteiger partial charge in [-0.05, 0) is 18.9 Å². The molecule has 0 spiro atoms. The SMILES string of the molecule is CCOC(=O)C#Cc1ncccc1[N+](=O)[O-]. The minimum Gasteiger partial charge on any atom is -0.456 e. The molecule has 0 N–H and O–H groups in total. The van der Waals surface area contributed by atoms with Crippen LogP contribution >= 0.6 is 0 Å². The summed E-state index contributed by atoms with van der Waals surface area (Å²) >= 11 is 0. The molecule has 0 radical (unpaired) electrons. The molecule has 6 heteroatoms. The predicted octanol–water partition coefficient (Wildman–Crippen LogP) is 0.904. The highest BCUT2D eigenvalue weighted by Crippen LogP contribution is 2.13. The molecule has 0 fully saturated rings. The Morgan fingerprint density at radius 3 is 3.06 bits per heavy atom. The van der Waals surface area contributed by atoms with Crippen LogP contribution in [0.3, 0.4) is 0 Å². The smallest absolute Gasteiger partial charge is 0.384 e. The van der Waals surface area contributed by atoms with Crippen molar-refractivity contribution in [2.24, 2.45) is 0 Å². The normalized spacial score (nSPS) is 8.81. The van der Waals surface area contributed by atoms with Gasteiger partial charge in [0, 0.05) is 18.2 Å². The Morgan fingerprint density at radius 2 is 2.44 bits per heavy atom. The van der Waals surface area contributed by atoms with Crippen LogP contribution in [0, 0.1) is 22.0 Å². The molecule has 6 nitrogen and oxygen atoms in total. The summed E-state index contributed by atoms with van der Waals surface area (Å²) in [6.07, 6.45) is 1.36. The summed E-state index contributed by atoms with van der Waals surface area (Å²) in [6, 6.07) is 2.69. The summed E-state index contributed by atoms with van der Waals surface area (Å²) in [7, 11) is 0. The summed E-state index contributed by atoms with van der Waals surface area (Å²) in [5.74, 6) is 3.69. The van der Waals surface area contributed by atoms with Gasteiger partial charge in [0.25, 0.3) is 0 Å². The van der Waals surface area contributed by atoms with E-state index in [1.165, 1.54) is 18.3 Å². The van der Waals surface area contributed by atoms with Crippen LogP contribution in [0.4, 0.5) is 5.69 Å². The quantitative estimate of drug-likeness (QED) is 0.320. The summed E-state index contributed by atoms with van der Waals surface area (Å²) in [5, 5.41) is 10.6. The number of carbonyl (C=O) groups excluding carboxylic acids is 1. The van der Waals surface area contributed by atoms with Crippen LogP contribution in [0.15, 0.2) is 18.3 Å². The van der Waals surface area contributed by atoms with Crippen molar-refractivity contribution in [1.29, 1.82) is 0 Å². The maximum Gasteiger partial charge on any atom is 0.384 e. The van der Waals surface area contributed by atoms with Gasteiger partial charge in [0.05, 0.1) is 11.5 Å². The van der Waals surface area contributed by atoms with Crippen molar-refractivity contribution in [3.8, 4) is 11.8 Å². The van der Waals surface area contributed by atoms with E-state index in [0.29, 0.717) is 0 Å². The lowest BCUT2D eigenvalue weighted by atomic mass is 10.3. The minimum absolute atomic E-state index is 0.0550. The van der Waals surface area contributed by atoms with Crippen LogP contribution in [0.2, 0.25) is 0 Å². The molecule has 1 heterocycles. The molecule has 0 amide bonds. The molecule has 1 aromatic rings. The molecule has 0 aliphatic rings. The molecule has 16 heavy (non-hydrogen) atoms. The monoisotopic (exact) mass is 220 g/mol. The molecule has 1 rings (SSSR count). The fourth-order valence-corrected chi connectivity index (χ4v) is 0.918. The van der Waals surface area contributed by atoms with Gasteiger partial charge in [-0.2, -0.15) is 0 Å². The van der Waals surface area contributed by atoms with Gasteiger partial charge in [0.2, 0.25) is 0 Å². The number of esters is 1. The third kappa shape index (κ3) is 3.06. The van der Waals surface area contributed by atoms with Gasteiger partial charge < -0.3 is 4.74 Å². The lowest BCUT2D eigenvalue weighted by Gasteiger charge is -1.93. The first-order chi connectivity index (χ1) is 7.65. The van der Waals surface area contributed by atoms with E-state index in [9.17, 15) is 14.9 Å². The lowest BCUT2D eigenvalue weighted by Crippen LogP contribution is -2.00.